The van der Waals surface area contributed by atoms with E-state index in [1.54, 1.807) is 0 Å². The van der Waals surface area contributed by atoms with E-state index >= 15 is 0 Å². The minimum absolute atomic E-state index is 0.208. The Kier molecular flexibility index (Phi) is 3.45. The van der Waals surface area contributed by atoms with Crippen LogP contribution in [0.4, 0.5) is 26.3 Å². The Bertz CT molecular complexity index is 629. The fourth-order valence-electron chi connectivity index (χ4n) is 1.49. The molecule has 9 heteroatoms. The molecule has 0 N–H and O–H groups in total. The predicted molar refractivity (Wildman–Crippen MR) is 58.6 cm³/mol. The molecule has 0 unspecified atom stereocenters. The van der Waals surface area contributed by atoms with Gasteiger partial charge >= 0.3 is 12.4 Å². The van der Waals surface area contributed by atoms with E-state index in [9.17, 15) is 26.3 Å². The van der Waals surface area contributed by atoms with Crippen LogP contribution in [-0.2, 0) is 12.4 Å². The lowest BCUT2D eigenvalue weighted by molar-refractivity contribution is -0.141. The van der Waals surface area contributed by atoms with Crippen LogP contribution in [0.5, 0.6) is 0 Å². The highest BCUT2D eigenvalue weighted by atomic mass is 35.5. The van der Waals surface area contributed by atoms with Gasteiger partial charge in [0.2, 0.25) is 0 Å². The molecule has 0 amide bonds. The van der Waals surface area contributed by atoms with Gasteiger partial charge in [-0.3, -0.25) is 0 Å². The van der Waals surface area contributed by atoms with Crippen molar-refractivity contribution in [1.82, 2.24) is 9.78 Å². The van der Waals surface area contributed by atoms with Crippen molar-refractivity contribution in [3.05, 3.63) is 46.7 Å². The highest BCUT2D eigenvalue weighted by Gasteiger charge is 2.35. The fraction of sp³-hybridized carbons (Fsp3) is 0.182. The van der Waals surface area contributed by atoms with Gasteiger partial charge in [-0.1, -0.05) is 17.7 Å². The van der Waals surface area contributed by atoms with E-state index < -0.39 is 28.8 Å². The number of alkyl halides is 6. The summed E-state index contributed by atoms with van der Waals surface area (Å²) in [5.41, 5.74) is -2.49. The number of benzene rings is 1. The molecule has 0 radical (unpaired) electrons. The monoisotopic (exact) mass is 314 g/mol. The number of hydrogen-bond donors (Lipinski definition) is 0. The average Bonchev–Trinajstić information content (AvgIpc) is 2.70. The average molecular weight is 315 g/mol. The Morgan fingerprint density at radius 3 is 2.10 bits per heavy atom. The normalized spacial score (nSPS) is 12.8. The fourth-order valence-corrected chi connectivity index (χ4v) is 1.73. The van der Waals surface area contributed by atoms with E-state index in [1.807, 2.05) is 0 Å². The maximum absolute atomic E-state index is 12.5. The van der Waals surface area contributed by atoms with E-state index in [0.717, 1.165) is 12.1 Å². The first kappa shape index (κ1) is 14.7. The highest BCUT2D eigenvalue weighted by molar-refractivity contribution is 6.29. The predicted octanol–water partition coefficient (Wildman–Crippen LogP) is 4.56. The van der Waals surface area contributed by atoms with Crippen LogP contribution in [0, 0.1) is 0 Å². The van der Waals surface area contributed by atoms with Gasteiger partial charge in [0.25, 0.3) is 0 Å². The van der Waals surface area contributed by atoms with Crippen LogP contribution in [0.3, 0.4) is 0 Å². The molecule has 0 spiro atoms. The second-order valence-corrected chi connectivity index (χ2v) is 4.20. The van der Waals surface area contributed by atoms with E-state index in [0.29, 0.717) is 16.8 Å². The van der Waals surface area contributed by atoms with E-state index in [1.165, 1.54) is 6.07 Å². The quantitative estimate of drug-likeness (QED) is 0.705. The minimum atomic E-state index is -4.73. The molecular weight excluding hydrogens is 310 g/mol. The molecule has 0 saturated carbocycles. The molecule has 2 rings (SSSR count). The van der Waals surface area contributed by atoms with E-state index in [4.69, 9.17) is 11.6 Å². The smallest absolute Gasteiger partial charge is 0.222 e. The highest BCUT2D eigenvalue weighted by Crippen LogP contribution is 2.33. The van der Waals surface area contributed by atoms with Crippen molar-refractivity contribution in [3.63, 3.8) is 0 Å². The second kappa shape index (κ2) is 4.69. The maximum atomic E-state index is 12.5. The number of rotatable bonds is 1. The van der Waals surface area contributed by atoms with Gasteiger partial charge in [-0.25, -0.2) is 4.68 Å². The molecular formula is C11H5ClF6N2. The van der Waals surface area contributed by atoms with Crippen molar-refractivity contribution in [1.29, 1.82) is 0 Å². The van der Waals surface area contributed by atoms with Gasteiger partial charge in [-0.05, 0) is 18.2 Å². The van der Waals surface area contributed by atoms with Crippen LogP contribution in [-0.4, -0.2) is 9.78 Å². The third-order valence-corrected chi connectivity index (χ3v) is 2.64. The molecule has 0 aliphatic carbocycles. The molecule has 0 bridgehead atoms. The Hall–Kier alpha value is -1.70. The summed E-state index contributed by atoms with van der Waals surface area (Å²) in [6.45, 7) is 0. The molecule has 2 aromatic rings. The lowest BCUT2D eigenvalue weighted by Crippen LogP contribution is -2.09. The van der Waals surface area contributed by atoms with Gasteiger partial charge in [0.1, 0.15) is 5.15 Å². The van der Waals surface area contributed by atoms with Gasteiger partial charge < -0.3 is 0 Å². The van der Waals surface area contributed by atoms with E-state index in [-0.39, 0.29) is 5.69 Å². The summed E-state index contributed by atoms with van der Waals surface area (Å²) in [7, 11) is 0. The Morgan fingerprint density at radius 1 is 0.950 bits per heavy atom. The zero-order valence-electron chi connectivity index (χ0n) is 9.43. The van der Waals surface area contributed by atoms with Gasteiger partial charge in [0.15, 0.2) is 5.69 Å². The Labute approximate surface area is 113 Å². The summed E-state index contributed by atoms with van der Waals surface area (Å²) < 4.78 is 75.6. The number of halogens is 7. The maximum Gasteiger partial charge on any atom is 0.435 e. The largest absolute Gasteiger partial charge is 0.435 e. The second-order valence-electron chi connectivity index (χ2n) is 3.81. The summed E-state index contributed by atoms with van der Waals surface area (Å²) >= 11 is 5.57. The molecule has 2 nitrogen and oxygen atoms in total. The summed E-state index contributed by atoms with van der Waals surface area (Å²) in [5, 5.41) is 2.73. The van der Waals surface area contributed by atoms with Crippen molar-refractivity contribution < 1.29 is 26.3 Å². The van der Waals surface area contributed by atoms with Crippen LogP contribution in [0.2, 0.25) is 5.15 Å². The molecule has 0 aliphatic heterocycles. The van der Waals surface area contributed by atoms with Crippen LogP contribution in [0.15, 0.2) is 30.3 Å². The number of nitrogens with zero attached hydrogens (tertiary/aromatic N) is 2. The van der Waals surface area contributed by atoms with Crippen LogP contribution < -0.4 is 0 Å². The molecule has 20 heavy (non-hydrogen) atoms. The Balaban J connectivity index is 2.50. The zero-order valence-corrected chi connectivity index (χ0v) is 10.2. The zero-order chi connectivity index (χ0) is 15.1. The minimum Gasteiger partial charge on any atom is -0.222 e. The summed E-state index contributed by atoms with van der Waals surface area (Å²) in [4.78, 5) is 0. The summed E-state index contributed by atoms with van der Waals surface area (Å²) in [6, 6.07) is 4.24. The third-order valence-electron chi connectivity index (χ3n) is 2.37. The number of aromatic nitrogens is 2. The molecule has 108 valence electrons. The molecule has 0 fully saturated rings. The van der Waals surface area contributed by atoms with Gasteiger partial charge in [-0.2, -0.15) is 31.4 Å². The lowest BCUT2D eigenvalue weighted by Gasteiger charge is -2.09. The molecule has 0 saturated heterocycles. The molecule has 1 heterocycles. The summed E-state index contributed by atoms with van der Waals surface area (Å²) in [5.74, 6) is 0. The third kappa shape index (κ3) is 2.90. The summed E-state index contributed by atoms with van der Waals surface area (Å²) in [6.07, 6.45) is -9.33. The van der Waals surface area contributed by atoms with Gasteiger partial charge in [-0.15, -0.1) is 0 Å². The SMILES string of the molecule is FC(F)(F)c1cccc(-n2nc(C(F)(F)F)cc2Cl)c1. The number of hydrogen-bond acceptors (Lipinski definition) is 1. The first-order valence-corrected chi connectivity index (χ1v) is 5.47. The molecule has 1 aromatic heterocycles. The first-order valence-electron chi connectivity index (χ1n) is 5.09. The van der Waals surface area contributed by atoms with Gasteiger partial charge in [0.05, 0.1) is 11.3 Å². The topological polar surface area (TPSA) is 17.8 Å². The van der Waals surface area contributed by atoms with Crippen molar-refractivity contribution in [2.24, 2.45) is 0 Å². The van der Waals surface area contributed by atoms with Crippen molar-refractivity contribution in [2.45, 2.75) is 12.4 Å². The van der Waals surface area contributed by atoms with Crippen LogP contribution in [0.1, 0.15) is 11.3 Å². The molecule has 0 atom stereocenters. The lowest BCUT2D eigenvalue weighted by atomic mass is 10.2. The Morgan fingerprint density at radius 2 is 1.60 bits per heavy atom. The van der Waals surface area contributed by atoms with Crippen molar-refractivity contribution >= 4 is 11.6 Å². The van der Waals surface area contributed by atoms with Gasteiger partial charge in [0, 0.05) is 6.07 Å². The van der Waals surface area contributed by atoms with Crippen molar-refractivity contribution in [2.75, 3.05) is 0 Å². The molecule has 1 aromatic carbocycles. The van der Waals surface area contributed by atoms with Crippen LogP contribution >= 0.6 is 11.6 Å². The van der Waals surface area contributed by atoms with Crippen molar-refractivity contribution in [3.8, 4) is 5.69 Å². The standard InChI is InChI=1S/C11H5ClF6N2/c12-9-5-8(11(16,17)18)19-20(9)7-3-1-2-6(4-7)10(13,14)15/h1-5H. The first-order chi connectivity index (χ1) is 9.09. The molecule has 0 aliphatic rings. The van der Waals surface area contributed by atoms with E-state index in [2.05, 4.69) is 5.10 Å². The van der Waals surface area contributed by atoms with Crippen LogP contribution in [0.25, 0.3) is 5.69 Å².